The van der Waals surface area contributed by atoms with Crippen LogP contribution in [0.25, 0.3) is 16.8 Å². The first-order valence-corrected chi connectivity index (χ1v) is 10.7. The Bertz CT molecular complexity index is 1230. The van der Waals surface area contributed by atoms with Crippen LogP contribution in [-0.4, -0.2) is 27.0 Å². The maximum Gasteiger partial charge on any atom is 0.224 e. The third-order valence-corrected chi connectivity index (χ3v) is 5.80. The quantitative estimate of drug-likeness (QED) is 0.472. The summed E-state index contributed by atoms with van der Waals surface area (Å²) in [7, 11) is 0. The molecule has 0 unspecified atom stereocenters. The van der Waals surface area contributed by atoms with Gasteiger partial charge in [-0.1, -0.05) is 54.1 Å². The maximum absolute atomic E-state index is 12.6. The van der Waals surface area contributed by atoms with Crippen molar-refractivity contribution in [3.63, 3.8) is 0 Å². The predicted octanol–water partition coefficient (Wildman–Crippen LogP) is 4.88. The monoisotopic (exact) mass is 432 g/mol. The highest BCUT2D eigenvalue weighted by Gasteiger charge is 2.19. The summed E-state index contributed by atoms with van der Waals surface area (Å²) < 4.78 is 1.86. The number of hydrogen-bond donors (Lipinski definition) is 1. The first-order chi connectivity index (χ1) is 14.9. The van der Waals surface area contributed by atoms with Crippen LogP contribution in [0.3, 0.4) is 0 Å². The van der Waals surface area contributed by atoms with Crippen LogP contribution in [0.5, 0.6) is 0 Å². The van der Waals surface area contributed by atoms with E-state index in [1.54, 1.807) is 0 Å². The number of carbonyl (C=O) groups excluding carboxylic acids is 1. The van der Waals surface area contributed by atoms with Crippen molar-refractivity contribution in [2.24, 2.45) is 0 Å². The zero-order valence-corrected chi connectivity index (χ0v) is 18.7. The molecule has 5 nitrogen and oxygen atoms in total. The Labute approximate surface area is 187 Å². The van der Waals surface area contributed by atoms with Gasteiger partial charge in [-0.2, -0.15) is 5.10 Å². The highest BCUT2D eigenvalue weighted by atomic mass is 35.5. The van der Waals surface area contributed by atoms with Crippen LogP contribution in [0.1, 0.15) is 28.2 Å². The van der Waals surface area contributed by atoms with Crippen LogP contribution in [0.4, 0.5) is 0 Å². The van der Waals surface area contributed by atoms with Crippen molar-refractivity contribution in [3.05, 3.63) is 87.8 Å². The summed E-state index contributed by atoms with van der Waals surface area (Å²) in [4.78, 5) is 17.4. The van der Waals surface area contributed by atoms with Crippen LogP contribution < -0.4 is 5.32 Å². The van der Waals surface area contributed by atoms with Crippen molar-refractivity contribution in [1.29, 1.82) is 0 Å². The normalized spacial score (nSPS) is 11.1. The Kier molecular flexibility index (Phi) is 6.05. The van der Waals surface area contributed by atoms with Crippen LogP contribution in [0.15, 0.2) is 54.6 Å². The Morgan fingerprint density at radius 2 is 1.71 bits per heavy atom. The Morgan fingerprint density at radius 1 is 1.00 bits per heavy atom. The van der Waals surface area contributed by atoms with E-state index in [0.29, 0.717) is 11.6 Å². The van der Waals surface area contributed by atoms with Crippen molar-refractivity contribution >= 4 is 23.2 Å². The fraction of sp³-hybridized carbons (Fsp3) is 0.240. The van der Waals surface area contributed by atoms with Gasteiger partial charge in [0.15, 0.2) is 5.65 Å². The van der Waals surface area contributed by atoms with E-state index in [1.807, 2.05) is 67.8 Å². The summed E-state index contributed by atoms with van der Waals surface area (Å²) in [5, 5.41) is 8.44. The van der Waals surface area contributed by atoms with Gasteiger partial charge < -0.3 is 5.32 Å². The average molecular weight is 433 g/mol. The first-order valence-electron chi connectivity index (χ1n) is 10.4. The predicted molar refractivity (Wildman–Crippen MR) is 125 cm³/mol. The molecule has 6 heteroatoms. The summed E-state index contributed by atoms with van der Waals surface area (Å²) in [5.41, 5.74) is 7.73. The molecule has 0 saturated carbocycles. The molecule has 0 aliphatic heterocycles. The van der Waals surface area contributed by atoms with Gasteiger partial charge in [0, 0.05) is 34.1 Å². The highest BCUT2D eigenvalue weighted by Crippen LogP contribution is 2.29. The standard InChI is InChI=1S/C25H25ClN4O/c1-16-22(15-23(31)27-14-13-19-9-11-21(26)12-10-19)18(3)30-25(28-16)24(17(2)29-30)20-7-5-4-6-8-20/h4-12H,13-15H2,1-3H3,(H,27,31). The van der Waals surface area contributed by atoms with Gasteiger partial charge in [-0.3, -0.25) is 4.79 Å². The van der Waals surface area contributed by atoms with Gasteiger partial charge in [0.05, 0.1) is 12.1 Å². The second kappa shape index (κ2) is 8.90. The molecule has 0 saturated heterocycles. The lowest BCUT2D eigenvalue weighted by Crippen LogP contribution is -2.28. The zero-order valence-electron chi connectivity index (χ0n) is 17.9. The number of rotatable bonds is 6. The van der Waals surface area contributed by atoms with E-state index in [4.69, 9.17) is 21.7 Å². The Hall–Kier alpha value is -3.18. The van der Waals surface area contributed by atoms with E-state index >= 15 is 0 Å². The SMILES string of the molecule is Cc1nc2c(-c3ccccc3)c(C)nn2c(C)c1CC(=O)NCCc1ccc(Cl)cc1. The second-order valence-corrected chi connectivity index (χ2v) is 8.16. The molecule has 4 rings (SSSR count). The zero-order chi connectivity index (χ0) is 22.0. The number of nitrogens with zero attached hydrogens (tertiary/aromatic N) is 3. The molecule has 31 heavy (non-hydrogen) atoms. The topological polar surface area (TPSA) is 59.3 Å². The van der Waals surface area contributed by atoms with Gasteiger partial charge in [-0.05, 0) is 50.5 Å². The summed E-state index contributed by atoms with van der Waals surface area (Å²) >= 11 is 5.92. The van der Waals surface area contributed by atoms with Gasteiger partial charge in [0.2, 0.25) is 5.91 Å². The van der Waals surface area contributed by atoms with Crippen molar-refractivity contribution < 1.29 is 4.79 Å². The molecule has 2 aromatic heterocycles. The molecule has 4 aromatic rings. The molecule has 2 heterocycles. The van der Waals surface area contributed by atoms with Gasteiger partial charge >= 0.3 is 0 Å². The fourth-order valence-electron chi connectivity index (χ4n) is 3.89. The van der Waals surface area contributed by atoms with E-state index in [0.717, 1.165) is 51.4 Å². The van der Waals surface area contributed by atoms with Crippen LogP contribution >= 0.6 is 11.6 Å². The Balaban J connectivity index is 1.53. The number of aromatic nitrogens is 3. The van der Waals surface area contributed by atoms with E-state index in [9.17, 15) is 4.79 Å². The van der Waals surface area contributed by atoms with Gasteiger partial charge in [0.1, 0.15) is 0 Å². The number of carbonyl (C=O) groups is 1. The van der Waals surface area contributed by atoms with Gasteiger partial charge in [-0.25, -0.2) is 9.50 Å². The van der Waals surface area contributed by atoms with Crippen molar-refractivity contribution in [3.8, 4) is 11.1 Å². The summed E-state index contributed by atoms with van der Waals surface area (Å²) in [6, 6.07) is 17.8. The smallest absolute Gasteiger partial charge is 0.224 e. The molecule has 0 bridgehead atoms. The fourth-order valence-corrected chi connectivity index (χ4v) is 4.01. The number of benzene rings is 2. The van der Waals surface area contributed by atoms with Crippen molar-refractivity contribution in [1.82, 2.24) is 19.9 Å². The summed E-state index contributed by atoms with van der Waals surface area (Å²) in [5.74, 6) is -0.0199. The molecule has 0 atom stereocenters. The minimum absolute atomic E-state index is 0.0199. The lowest BCUT2D eigenvalue weighted by molar-refractivity contribution is -0.120. The maximum atomic E-state index is 12.6. The lowest BCUT2D eigenvalue weighted by atomic mass is 10.1. The molecule has 158 valence electrons. The number of nitrogens with one attached hydrogen (secondary N) is 1. The molecule has 0 aliphatic carbocycles. The Morgan fingerprint density at radius 3 is 2.42 bits per heavy atom. The van der Waals surface area contributed by atoms with Crippen LogP contribution in [-0.2, 0) is 17.6 Å². The minimum Gasteiger partial charge on any atom is -0.355 e. The van der Waals surface area contributed by atoms with E-state index in [2.05, 4.69) is 17.4 Å². The molecule has 1 amide bonds. The molecule has 2 aromatic carbocycles. The number of hydrogen-bond acceptors (Lipinski definition) is 3. The molecule has 0 aliphatic rings. The molecule has 0 fully saturated rings. The lowest BCUT2D eigenvalue weighted by Gasteiger charge is -2.12. The molecular weight excluding hydrogens is 408 g/mol. The second-order valence-electron chi connectivity index (χ2n) is 7.73. The van der Waals surface area contributed by atoms with Gasteiger partial charge in [-0.15, -0.1) is 0 Å². The van der Waals surface area contributed by atoms with E-state index in [1.165, 1.54) is 0 Å². The van der Waals surface area contributed by atoms with E-state index < -0.39 is 0 Å². The summed E-state index contributed by atoms with van der Waals surface area (Å²) in [6.45, 7) is 6.53. The minimum atomic E-state index is -0.0199. The summed E-state index contributed by atoms with van der Waals surface area (Å²) in [6.07, 6.45) is 1.04. The average Bonchev–Trinajstić information content (AvgIpc) is 3.09. The third kappa shape index (κ3) is 4.47. The van der Waals surface area contributed by atoms with Crippen molar-refractivity contribution in [2.75, 3.05) is 6.54 Å². The van der Waals surface area contributed by atoms with Gasteiger partial charge in [0.25, 0.3) is 0 Å². The van der Waals surface area contributed by atoms with Crippen molar-refractivity contribution in [2.45, 2.75) is 33.6 Å². The van der Waals surface area contributed by atoms with E-state index in [-0.39, 0.29) is 12.3 Å². The van der Waals surface area contributed by atoms with Crippen LogP contribution in [0.2, 0.25) is 5.02 Å². The third-order valence-electron chi connectivity index (χ3n) is 5.55. The molecule has 0 spiro atoms. The number of aryl methyl sites for hydroxylation is 3. The highest BCUT2D eigenvalue weighted by molar-refractivity contribution is 6.30. The number of halogens is 1. The largest absolute Gasteiger partial charge is 0.355 e. The van der Waals surface area contributed by atoms with Crippen LogP contribution in [0, 0.1) is 20.8 Å². The number of fused-ring (bicyclic) bond motifs is 1. The molecule has 0 radical (unpaired) electrons. The number of amides is 1. The first kappa shape index (κ1) is 21.1. The molecule has 1 N–H and O–H groups in total. The molecular formula is C25H25ClN4O.